The normalized spacial score (nSPS) is 11.4. The zero-order chi connectivity index (χ0) is 14.5. The van der Waals surface area contributed by atoms with E-state index in [4.69, 9.17) is 18.0 Å². The second-order valence-electron chi connectivity index (χ2n) is 4.51. The van der Waals surface area contributed by atoms with Crippen LogP contribution in [0, 0.1) is 0 Å². The van der Waals surface area contributed by atoms with Gasteiger partial charge in [-0.15, -0.1) is 0 Å². The number of benzene rings is 1. The Labute approximate surface area is 134 Å². The minimum Gasteiger partial charge on any atom is -0.389 e. The molecule has 0 radical (unpaired) electrons. The lowest BCUT2D eigenvalue weighted by molar-refractivity contribution is 0.575. The van der Waals surface area contributed by atoms with Crippen LogP contribution in [-0.2, 0) is 0 Å². The van der Waals surface area contributed by atoms with Crippen LogP contribution in [-0.4, -0.2) is 22.5 Å². The summed E-state index contributed by atoms with van der Waals surface area (Å²) in [4.78, 5) is 0.416. The molecule has 3 N–H and O–H groups in total. The molecule has 0 amide bonds. The molecule has 1 aromatic carbocycles. The zero-order valence-electron chi connectivity index (χ0n) is 11.6. The maximum absolute atomic E-state index is 5.65. The van der Waals surface area contributed by atoms with Crippen molar-refractivity contribution in [2.45, 2.75) is 31.4 Å². The summed E-state index contributed by atoms with van der Waals surface area (Å²) < 4.78 is 1.24. The van der Waals surface area contributed by atoms with Crippen LogP contribution in [0.4, 0.5) is 5.69 Å². The molecule has 1 aromatic rings. The predicted octanol–water partition coefficient (Wildman–Crippen LogP) is 4.42. The molecule has 0 unspecified atom stereocenters. The molecule has 0 saturated heterocycles. The highest BCUT2D eigenvalue weighted by Gasteiger charge is 2.24. The van der Waals surface area contributed by atoms with Crippen LogP contribution in [0.5, 0.6) is 0 Å². The van der Waals surface area contributed by atoms with Crippen molar-refractivity contribution in [1.29, 1.82) is 0 Å². The molecule has 0 heterocycles. The summed E-state index contributed by atoms with van der Waals surface area (Å²) in [5.41, 5.74) is 7.62. The number of hydrogen-bond donors (Lipinski definition) is 2. The van der Waals surface area contributed by atoms with E-state index in [1.165, 1.54) is 0 Å². The largest absolute Gasteiger partial charge is 0.389 e. The van der Waals surface area contributed by atoms with E-state index < -0.39 is 0 Å². The topological polar surface area (TPSA) is 38.0 Å². The van der Waals surface area contributed by atoms with E-state index in [0.717, 1.165) is 35.1 Å². The van der Waals surface area contributed by atoms with Gasteiger partial charge in [-0.1, -0.05) is 26.1 Å². The van der Waals surface area contributed by atoms with Gasteiger partial charge in [0.05, 0.1) is 0 Å². The van der Waals surface area contributed by atoms with E-state index >= 15 is 0 Å². The molecule has 106 valence electrons. The van der Waals surface area contributed by atoms with Gasteiger partial charge in [0.15, 0.2) is 0 Å². The third-order valence-corrected chi connectivity index (χ3v) is 6.03. The molecule has 2 nitrogen and oxygen atoms in total. The van der Waals surface area contributed by atoms with Crippen molar-refractivity contribution in [2.24, 2.45) is 5.73 Å². The number of hydrogen-bond acceptors (Lipinski definition) is 3. The van der Waals surface area contributed by atoms with Crippen LogP contribution < -0.4 is 11.1 Å². The molecule has 0 saturated carbocycles. The van der Waals surface area contributed by atoms with Crippen LogP contribution in [0.2, 0.25) is 0 Å². The number of halogens is 1. The first-order valence-corrected chi connectivity index (χ1v) is 8.79. The summed E-state index contributed by atoms with van der Waals surface area (Å²) >= 11 is 10.4. The van der Waals surface area contributed by atoms with Crippen LogP contribution >= 0.6 is 39.9 Å². The molecule has 0 fully saturated rings. The van der Waals surface area contributed by atoms with Gasteiger partial charge >= 0.3 is 0 Å². The van der Waals surface area contributed by atoms with Gasteiger partial charge in [-0.05, 0) is 53.2 Å². The first kappa shape index (κ1) is 16.8. The Kier molecular flexibility index (Phi) is 6.63. The van der Waals surface area contributed by atoms with Crippen molar-refractivity contribution in [2.75, 3.05) is 18.1 Å². The smallest absolute Gasteiger partial charge is 0.105 e. The highest BCUT2D eigenvalue weighted by molar-refractivity contribution is 9.10. The first-order valence-electron chi connectivity index (χ1n) is 6.36. The van der Waals surface area contributed by atoms with Crippen molar-refractivity contribution in [3.63, 3.8) is 0 Å². The molecule has 5 heteroatoms. The molecule has 0 atom stereocenters. The number of rotatable bonds is 7. The molecule has 0 spiro atoms. The third kappa shape index (κ3) is 4.36. The quantitative estimate of drug-likeness (QED) is 0.706. The monoisotopic (exact) mass is 360 g/mol. The van der Waals surface area contributed by atoms with Gasteiger partial charge in [-0.2, -0.15) is 11.8 Å². The summed E-state index contributed by atoms with van der Waals surface area (Å²) in [6, 6.07) is 6.01. The summed E-state index contributed by atoms with van der Waals surface area (Å²) in [5.74, 6) is 0. The maximum atomic E-state index is 5.65. The molecule has 0 aliphatic heterocycles. The lowest BCUT2D eigenvalue weighted by Gasteiger charge is -2.30. The summed E-state index contributed by atoms with van der Waals surface area (Å²) in [6.45, 7) is 5.45. The van der Waals surface area contributed by atoms with Gasteiger partial charge in [-0.25, -0.2) is 0 Å². The number of nitrogens with two attached hydrogens (primary N) is 1. The molecule has 0 bridgehead atoms. The number of thioether (sulfide) groups is 1. The fourth-order valence-electron chi connectivity index (χ4n) is 1.95. The SMILES string of the molecule is CCC(CC)(CNc1ccc(C(N)=S)c(Br)c1)SC. The molecule has 0 aliphatic rings. The minimum absolute atomic E-state index is 0.300. The lowest BCUT2D eigenvalue weighted by atomic mass is 10.0. The van der Waals surface area contributed by atoms with Crippen LogP contribution in [0.3, 0.4) is 0 Å². The van der Waals surface area contributed by atoms with E-state index in [9.17, 15) is 0 Å². The Hall–Kier alpha value is -0.260. The standard InChI is InChI=1S/C14H21BrN2S2/c1-4-14(5-2,19-3)9-17-10-6-7-11(13(16)18)12(15)8-10/h6-8,17H,4-5,9H2,1-3H3,(H2,16,18). The second-order valence-corrected chi connectivity index (χ2v) is 7.08. The molecule has 1 rings (SSSR count). The number of nitrogens with one attached hydrogen (secondary N) is 1. The van der Waals surface area contributed by atoms with Crippen molar-refractivity contribution in [3.8, 4) is 0 Å². The summed E-state index contributed by atoms with van der Waals surface area (Å²) in [6.07, 6.45) is 4.49. The van der Waals surface area contributed by atoms with E-state index in [1.807, 2.05) is 30.0 Å². The first-order chi connectivity index (χ1) is 8.98. The molecular weight excluding hydrogens is 340 g/mol. The van der Waals surface area contributed by atoms with Crippen LogP contribution in [0.25, 0.3) is 0 Å². The number of anilines is 1. The van der Waals surface area contributed by atoms with E-state index in [-0.39, 0.29) is 0 Å². The Morgan fingerprint density at radius 2 is 2.05 bits per heavy atom. The zero-order valence-corrected chi connectivity index (χ0v) is 14.8. The summed E-state index contributed by atoms with van der Waals surface area (Å²) in [5, 5.41) is 3.51. The van der Waals surface area contributed by atoms with Gasteiger partial charge in [0.25, 0.3) is 0 Å². The highest BCUT2D eigenvalue weighted by Crippen LogP contribution is 2.31. The van der Waals surface area contributed by atoms with Gasteiger partial charge < -0.3 is 11.1 Å². The predicted molar refractivity (Wildman–Crippen MR) is 95.3 cm³/mol. The van der Waals surface area contributed by atoms with Crippen molar-refractivity contribution in [1.82, 2.24) is 0 Å². The Bertz CT molecular complexity index is 437. The molecular formula is C14H21BrN2S2. The maximum Gasteiger partial charge on any atom is 0.105 e. The fourth-order valence-corrected chi connectivity index (χ4v) is 3.64. The lowest BCUT2D eigenvalue weighted by Crippen LogP contribution is -2.32. The highest BCUT2D eigenvalue weighted by atomic mass is 79.9. The Morgan fingerprint density at radius 3 is 2.47 bits per heavy atom. The van der Waals surface area contributed by atoms with Gasteiger partial charge in [-0.3, -0.25) is 0 Å². The van der Waals surface area contributed by atoms with Gasteiger partial charge in [0, 0.05) is 27.0 Å². The van der Waals surface area contributed by atoms with E-state index in [2.05, 4.69) is 41.3 Å². The van der Waals surface area contributed by atoms with Gasteiger partial charge in [0.2, 0.25) is 0 Å². The second kappa shape index (κ2) is 7.50. The molecule has 0 aliphatic carbocycles. The Morgan fingerprint density at radius 1 is 1.42 bits per heavy atom. The minimum atomic E-state index is 0.300. The third-order valence-electron chi connectivity index (χ3n) is 3.57. The van der Waals surface area contributed by atoms with Crippen molar-refractivity contribution in [3.05, 3.63) is 28.2 Å². The van der Waals surface area contributed by atoms with Crippen molar-refractivity contribution >= 4 is 50.6 Å². The molecule has 19 heavy (non-hydrogen) atoms. The van der Waals surface area contributed by atoms with Crippen molar-refractivity contribution < 1.29 is 0 Å². The average Bonchev–Trinajstić information content (AvgIpc) is 2.40. The average molecular weight is 361 g/mol. The Balaban J connectivity index is 2.78. The van der Waals surface area contributed by atoms with Crippen LogP contribution in [0.1, 0.15) is 32.3 Å². The fraction of sp³-hybridized carbons (Fsp3) is 0.500. The van der Waals surface area contributed by atoms with E-state index in [1.54, 1.807) is 0 Å². The molecule has 0 aromatic heterocycles. The van der Waals surface area contributed by atoms with E-state index in [0.29, 0.717) is 9.74 Å². The van der Waals surface area contributed by atoms with Gasteiger partial charge in [0.1, 0.15) is 4.99 Å². The van der Waals surface area contributed by atoms with Crippen LogP contribution in [0.15, 0.2) is 22.7 Å². The number of thiocarbonyl (C=S) groups is 1. The summed E-state index contributed by atoms with van der Waals surface area (Å²) in [7, 11) is 0.